The van der Waals surface area contributed by atoms with Crippen LogP contribution in [0.4, 0.5) is 0 Å². The van der Waals surface area contributed by atoms with Crippen LogP contribution in [-0.4, -0.2) is 89.9 Å². The van der Waals surface area contributed by atoms with Crippen molar-refractivity contribution in [1.82, 2.24) is 20.4 Å². The Balaban J connectivity index is 0.00000480. The first-order valence-electron chi connectivity index (χ1n) is 10.7. The number of aliphatic imine (C=N–C) groups is 1. The van der Waals surface area contributed by atoms with E-state index in [1.165, 1.54) is 0 Å². The molecule has 1 aliphatic heterocycles. The first kappa shape index (κ1) is 27.6. The smallest absolute Gasteiger partial charge is 0.203 e. The number of hydrogen-bond donors (Lipinski definition) is 2. The number of likely N-dealkylation sites (N-methyl/N-ethyl adjacent to an activating group) is 1. The molecule has 9 heteroatoms. The standard InChI is InChI=1S/C22H39N5O3.HI/c1-7-23-22(24-14-17(2)16-27-10-8-26(3)9-11-27)25-15-18-12-19(28-4)21(30-6)20(13-18)29-5;/h12-13,17H,7-11,14-16H2,1-6H3,(H2,23,24,25);1H. The molecule has 2 rings (SSSR count). The number of piperazine rings is 1. The first-order chi connectivity index (χ1) is 14.5. The molecule has 1 aliphatic rings. The van der Waals surface area contributed by atoms with Gasteiger partial charge in [-0.1, -0.05) is 6.92 Å². The third kappa shape index (κ3) is 8.89. The molecule has 1 unspecified atom stereocenters. The van der Waals surface area contributed by atoms with Crippen molar-refractivity contribution in [2.75, 3.05) is 74.2 Å². The lowest BCUT2D eigenvalue weighted by Crippen LogP contribution is -2.47. The summed E-state index contributed by atoms with van der Waals surface area (Å²) < 4.78 is 16.3. The maximum absolute atomic E-state index is 5.44. The summed E-state index contributed by atoms with van der Waals surface area (Å²) in [5, 5.41) is 6.81. The summed E-state index contributed by atoms with van der Waals surface area (Å²) in [7, 11) is 7.04. The Hall–Kier alpha value is -1.46. The Bertz CT molecular complexity index is 656. The molecule has 1 saturated heterocycles. The van der Waals surface area contributed by atoms with Gasteiger partial charge in [0.1, 0.15) is 0 Å². The summed E-state index contributed by atoms with van der Waals surface area (Å²) >= 11 is 0. The van der Waals surface area contributed by atoms with Crippen LogP contribution in [0.5, 0.6) is 17.2 Å². The number of methoxy groups -OCH3 is 3. The van der Waals surface area contributed by atoms with Gasteiger partial charge in [-0.15, -0.1) is 24.0 Å². The fourth-order valence-electron chi connectivity index (χ4n) is 3.55. The normalized spacial score (nSPS) is 16.3. The fraction of sp³-hybridized carbons (Fsp3) is 0.682. The molecule has 1 fully saturated rings. The van der Waals surface area contributed by atoms with Gasteiger partial charge in [0.05, 0.1) is 27.9 Å². The Morgan fingerprint density at radius 3 is 2.16 bits per heavy atom. The lowest BCUT2D eigenvalue weighted by atomic mass is 10.1. The third-order valence-electron chi connectivity index (χ3n) is 5.27. The summed E-state index contributed by atoms with van der Waals surface area (Å²) in [6.45, 7) is 12.3. The number of halogens is 1. The van der Waals surface area contributed by atoms with E-state index in [0.717, 1.165) is 57.3 Å². The van der Waals surface area contributed by atoms with Crippen LogP contribution in [0.2, 0.25) is 0 Å². The molecule has 2 N–H and O–H groups in total. The predicted molar refractivity (Wildman–Crippen MR) is 137 cm³/mol. The number of hydrogen-bond acceptors (Lipinski definition) is 6. The summed E-state index contributed by atoms with van der Waals surface area (Å²) in [5.74, 6) is 3.23. The highest BCUT2D eigenvalue weighted by atomic mass is 127. The van der Waals surface area contributed by atoms with Crippen LogP contribution in [0.15, 0.2) is 17.1 Å². The molecule has 0 radical (unpaired) electrons. The number of benzene rings is 1. The Kier molecular flexibility index (Phi) is 13.0. The molecular weight excluding hydrogens is 509 g/mol. The van der Waals surface area contributed by atoms with Crippen molar-refractivity contribution in [3.05, 3.63) is 17.7 Å². The van der Waals surface area contributed by atoms with Crippen molar-refractivity contribution >= 4 is 29.9 Å². The molecule has 1 heterocycles. The van der Waals surface area contributed by atoms with Crippen LogP contribution >= 0.6 is 24.0 Å². The van der Waals surface area contributed by atoms with Crippen LogP contribution in [0, 0.1) is 5.92 Å². The predicted octanol–water partition coefficient (Wildman–Crippen LogP) is 2.27. The van der Waals surface area contributed by atoms with Gasteiger partial charge in [0.2, 0.25) is 5.75 Å². The second-order valence-corrected chi connectivity index (χ2v) is 7.82. The monoisotopic (exact) mass is 549 g/mol. The van der Waals surface area contributed by atoms with Crippen molar-refractivity contribution in [2.45, 2.75) is 20.4 Å². The van der Waals surface area contributed by atoms with E-state index in [1.54, 1.807) is 21.3 Å². The fourth-order valence-corrected chi connectivity index (χ4v) is 3.55. The zero-order valence-corrected chi connectivity index (χ0v) is 22.2. The van der Waals surface area contributed by atoms with E-state index in [4.69, 9.17) is 19.2 Å². The molecule has 0 saturated carbocycles. The third-order valence-corrected chi connectivity index (χ3v) is 5.27. The van der Waals surface area contributed by atoms with E-state index in [-0.39, 0.29) is 24.0 Å². The Labute approximate surface area is 204 Å². The van der Waals surface area contributed by atoms with Crippen LogP contribution in [0.3, 0.4) is 0 Å². The highest BCUT2D eigenvalue weighted by molar-refractivity contribution is 14.0. The van der Waals surface area contributed by atoms with Gasteiger partial charge < -0.3 is 34.6 Å². The molecule has 0 spiro atoms. The highest BCUT2D eigenvalue weighted by Gasteiger charge is 2.16. The van der Waals surface area contributed by atoms with Crippen LogP contribution < -0.4 is 24.8 Å². The van der Waals surface area contributed by atoms with Gasteiger partial charge in [0.25, 0.3) is 0 Å². The van der Waals surface area contributed by atoms with Crippen molar-refractivity contribution in [1.29, 1.82) is 0 Å². The van der Waals surface area contributed by atoms with Crippen molar-refractivity contribution < 1.29 is 14.2 Å². The summed E-state index contributed by atoms with van der Waals surface area (Å²) in [6.07, 6.45) is 0. The molecule has 0 amide bonds. The van der Waals surface area contributed by atoms with Crippen molar-refractivity contribution in [3.63, 3.8) is 0 Å². The quantitative estimate of drug-likeness (QED) is 0.264. The van der Waals surface area contributed by atoms with E-state index in [1.807, 2.05) is 12.1 Å². The largest absolute Gasteiger partial charge is 0.493 e. The Morgan fingerprint density at radius 2 is 1.65 bits per heavy atom. The second-order valence-electron chi connectivity index (χ2n) is 7.82. The minimum atomic E-state index is 0. The van der Waals surface area contributed by atoms with E-state index in [9.17, 15) is 0 Å². The van der Waals surface area contributed by atoms with E-state index in [2.05, 4.69) is 41.3 Å². The molecule has 0 aliphatic carbocycles. The highest BCUT2D eigenvalue weighted by Crippen LogP contribution is 2.38. The molecule has 1 aromatic carbocycles. The van der Waals surface area contributed by atoms with Crippen LogP contribution in [0.25, 0.3) is 0 Å². The van der Waals surface area contributed by atoms with Gasteiger partial charge in [0.15, 0.2) is 17.5 Å². The lowest BCUT2D eigenvalue weighted by molar-refractivity contribution is 0.139. The number of nitrogens with one attached hydrogen (secondary N) is 2. The molecule has 1 atom stereocenters. The van der Waals surface area contributed by atoms with E-state index in [0.29, 0.717) is 29.7 Å². The lowest BCUT2D eigenvalue weighted by Gasteiger charge is -2.34. The zero-order valence-electron chi connectivity index (χ0n) is 19.9. The minimum Gasteiger partial charge on any atom is -0.493 e. The number of guanidine groups is 1. The van der Waals surface area contributed by atoms with Crippen molar-refractivity contribution in [2.24, 2.45) is 10.9 Å². The molecular formula is C22H40IN5O3. The molecule has 178 valence electrons. The molecule has 0 bridgehead atoms. The average molecular weight is 549 g/mol. The molecule has 31 heavy (non-hydrogen) atoms. The topological polar surface area (TPSA) is 70.6 Å². The van der Waals surface area contributed by atoms with Crippen molar-refractivity contribution in [3.8, 4) is 17.2 Å². The summed E-state index contributed by atoms with van der Waals surface area (Å²) in [6, 6.07) is 3.87. The van der Waals surface area contributed by atoms with Crippen LogP contribution in [0.1, 0.15) is 19.4 Å². The van der Waals surface area contributed by atoms with E-state index < -0.39 is 0 Å². The molecule has 8 nitrogen and oxygen atoms in total. The maximum Gasteiger partial charge on any atom is 0.203 e. The Morgan fingerprint density at radius 1 is 1.03 bits per heavy atom. The average Bonchev–Trinajstić information content (AvgIpc) is 2.76. The first-order valence-corrected chi connectivity index (χ1v) is 10.7. The van der Waals surface area contributed by atoms with E-state index >= 15 is 0 Å². The van der Waals surface area contributed by atoms with Gasteiger partial charge in [-0.25, -0.2) is 4.99 Å². The zero-order chi connectivity index (χ0) is 21.9. The maximum atomic E-state index is 5.44. The summed E-state index contributed by atoms with van der Waals surface area (Å²) in [5.41, 5.74) is 0.993. The van der Waals surface area contributed by atoms with Gasteiger partial charge in [0, 0.05) is 45.8 Å². The number of nitrogens with zero attached hydrogens (tertiary/aromatic N) is 3. The van der Waals surface area contributed by atoms with Gasteiger partial charge in [-0.2, -0.15) is 0 Å². The van der Waals surface area contributed by atoms with Gasteiger partial charge in [-0.3, -0.25) is 0 Å². The van der Waals surface area contributed by atoms with Gasteiger partial charge in [-0.05, 0) is 37.6 Å². The minimum absolute atomic E-state index is 0. The molecule has 1 aromatic rings. The number of ether oxygens (including phenoxy) is 3. The second kappa shape index (κ2) is 14.6. The molecule has 0 aromatic heterocycles. The summed E-state index contributed by atoms with van der Waals surface area (Å²) in [4.78, 5) is 9.68. The number of rotatable bonds is 10. The van der Waals surface area contributed by atoms with Gasteiger partial charge >= 0.3 is 0 Å². The van der Waals surface area contributed by atoms with Crippen LogP contribution in [-0.2, 0) is 6.54 Å². The SMILES string of the molecule is CCNC(=NCc1cc(OC)c(OC)c(OC)c1)NCC(C)CN1CCN(C)CC1.I.